The maximum atomic E-state index is 11.7. The van der Waals surface area contributed by atoms with Gasteiger partial charge in [-0.1, -0.05) is 0 Å². The molecule has 2 atom stereocenters. The molecule has 1 heterocycles. The second-order valence-corrected chi connectivity index (χ2v) is 13.5. The monoisotopic (exact) mass is 588 g/mol. The third-order valence-electron chi connectivity index (χ3n) is 8.15. The van der Waals surface area contributed by atoms with Gasteiger partial charge in [-0.15, -0.1) is 0 Å². The molecule has 0 aromatic heterocycles. The van der Waals surface area contributed by atoms with Crippen molar-refractivity contribution in [3.8, 4) is 0 Å². The number of amides is 2. The van der Waals surface area contributed by atoms with E-state index >= 15 is 0 Å². The lowest BCUT2D eigenvalue weighted by molar-refractivity contribution is -0.138. The average molecular weight is 589 g/mol. The van der Waals surface area contributed by atoms with Crippen LogP contribution in [0.4, 0.5) is 0 Å². The molecule has 1 rings (SSSR count). The lowest BCUT2D eigenvalue weighted by Crippen LogP contribution is -2.43. The van der Waals surface area contributed by atoms with E-state index in [4.69, 9.17) is 23.7 Å². The number of carbonyl (C=O) groups is 2. The van der Waals surface area contributed by atoms with Gasteiger partial charge in [-0.25, -0.2) is 0 Å². The normalized spacial score (nSPS) is 17.0. The zero-order chi connectivity index (χ0) is 31.3. The number of hydrogen-bond acceptors (Lipinski definition) is 9. The Morgan fingerprint density at radius 1 is 0.829 bits per heavy atom. The highest BCUT2D eigenvalue weighted by Crippen LogP contribution is 2.32. The lowest BCUT2D eigenvalue weighted by atomic mass is 9.82. The van der Waals surface area contributed by atoms with Crippen molar-refractivity contribution in [3.05, 3.63) is 0 Å². The number of rotatable bonds is 23. The minimum Gasteiger partial charge on any atom is -0.381 e. The maximum Gasteiger partial charge on any atom is 0.229 e. The van der Waals surface area contributed by atoms with Gasteiger partial charge in [0.05, 0.1) is 42.2 Å². The molecule has 242 valence electrons. The summed E-state index contributed by atoms with van der Waals surface area (Å²) < 4.78 is 29.9. The largest absolute Gasteiger partial charge is 0.381 e. The molecular formula is C31H60N2O8. The van der Waals surface area contributed by atoms with Crippen LogP contribution < -0.4 is 5.32 Å². The van der Waals surface area contributed by atoms with E-state index < -0.39 is 11.8 Å². The van der Waals surface area contributed by atoms with E-state index in [2.05, 4.69) is 60.7 Å². The van der Waals surface area contributed by atoms with Gasteiger partial charge in [0.2, 0.25) is 11.8 Å². The van der Waals surface area contributed by atoms with E-state index in [1.54, 1.807) is 14.2 Å². The fourth-order valence-electron chi connectivity index (χ4n) is 4.51. The fourth-order valence-corrected chi connectivity index (χ4v) is 4.51. The molecule has 0 radical (unpaired) electrons. The first kappa shape index (κ1) is 37.9. The molecule has 0 saturated carbocycles. The Bertz CT molecular complexity index is 768. The van der Waals surface area contributed by atoms with Gasteiger partial charge in [0, 0.05) is 52.6 Å². The van der Waals surface area contributed by atoms with Gasteiger partial charge in [0.25, 0.3) is 0 Å². The van der Waals surface area contributed by atoms with Gasteiger partial charge >= 0.3 is 0 Å². The number of ether oxygens (including phenoxy) is 5. The van der Waals surface area contributed by atoms with Crippen LogP contribution in [0.15, 0.2) is 0 Å². The Morgan fingerprint density at radius 3 is 1.90 bits per heavy atom. The van der Waals surface area contributed by atoms with Gasteiger partial charge in [0.15, 0.2) is 0 Å². The molecule has 10 nitrogen and oxygen atoms in total. The molecule has 1 aliphatic rings. The summed E-state index contributed by atoms with van der Waals surface area (Å²) in [6, 6.07) is 0. The van der Waals surface area contributed by atoms with Crippen LogP contribution >= 0.6 is 0 Å². The maximum absolute atomic E-state index is 11.7. The van der Waals surface area contributed by atoms with E-state index in [9.17, 15) is 14.7 Å². The minimum atomic E-state index is -0.784. The highest BCUT2D eigenvalue weighted by atomic mass is 16.5. The SMILES string of the molecule is COC(C)(C)CCOC(C)(C)CC(COCCCNC(O)CCN1C(=O)CCC1=O)C(C)(C)OCCC(C)(C)OC. The molecule has 41 heavy (non-hydrogen) atoms. The molecule has 0 aromatic rings. The Hall–Kier alpha value is -1.14. The highest BCUT2D eigenvalue weighted by Gasteiger charge is 2.36. The second-order valence-electron chi connectivity index (χ2n) is 13.5. The summed E-state index contributed by atoms with van der Waals surface area (Å²) in [5, 5.41) is 13.2. The molecule has 0 aromatic carbocycles. The zero-order valence-electron chi connectivity index (χ0n) is 27.6. The number of aliphatic hydroxyl groups excluding tert-OH is 1. The molecule has 1 aliphatic heterocycles. The van der Waals surface area contributed by atoms with Gasteiger partial charge in [-0.3, -0.25) is 19.8 Å². The third-order valence-corrected chi connectivity index (χ3v) is 8.15. The van der Waals surface area contributed by atoms with Crippen molar-refractivity contribution in [2.45, 2.75) is 129 Å². The smallest absolute Gasteiger partial charge is 0.229 e. The topological polar surface area (TPSA) is 116 Å². The van der Waals surface area contributed by atoms with E-state index in [1.165, 1.54) is 4.90 Å². The summed E-state index contributed by atoms with van der Waals surface area (Å²) in [5.74, 6) is -0.244. The first-order valence-corrected chi connectivity index (χ1v) is 15.1. The highest BCUT2D eigenvalue weighted by molar-refractivity contribution is 6.01. The first-order chi connectivity index (χ1) is 18.9. The summed E-state index contributed by atoms with van der Waals surface area (Å²) in [6.45, 7) is 19.7. The van der Waals surface area contributed by atoms with E-state index in [1.807, 2.05) is 0 Å². The van der Waals surface area contributed by atoms with E-state index in [-0.39, 0.29) is 53.9 Å². The molecule has 2 amide bonds. The number of likely N-dealkylation sites (tertiary alicyclic amines) is 1. The van der Waals surface area contributed by atoms with Crippen LogP contribution in [0.2, 0.25) is 0 Å². The molecule has 2 N–H and O–H groups in total. The van der Waals surface area contributed by atoms with E-state index in [0.717, 1.165) is 19.3 Å². The number of hydrogen-bond donors (Lipinski definition) is 2. The summed E-state index contributed by atoms with van der Waals surface area (Å²) >= 11 is 0. The van der Waals surface area contributed by atoms with Crippen LogP contribution in [0, 0.1) is 5.92 Å². The predicted molar refractivity (Wildman–Crippen MR) is 160 cm³/mol. The van der Waals surface area contributed by atoms with Crippen molar-refractivity contribution in [1.29, 1.82) is 0 Å². The molecule has 1 fully saturated rings. The van der Waals surface area contributed by atoms with Crippen molar-refractivity contribution in [2.75, 3.05) is 53.7 Å². The Balaban J connectivity index is 2.58. The van der Waals surface area contributed by atoms with Gasteiger partial charge in [-0.2, -0.15) is 0 Å². The predicted octanol–water partition coefficient (Wildman–Crippen LogP) is 4.07. The van der Waals surface area contributed by atoms with Gasteiger partial charge < -0.3 is 28.8 Å². The van der Waals surface area contributed by atoms with Gasteiger partial charge in [-0.05, 0) is 87.6 Å². The zero-order valence-corrected chi connectivity index (χ0v) is 27.6. The van der Waals surface area contributed by atoms with Gasteiger partial charge in [0.1, 0.15) is 6.23 Å². The fraction of sp³-hybridized carbons (Fsp3) is 0.935. The number of carbonyl (C=O) groups excluding carboxylic acids is 2. The van der Waals surface area contributed by atoms with Crippen LogP contribution in [-0.4, -0.2) is 104 Å². The summed E-state index contributed by atoms with van der Waals surface area (Å²) in [6.07, 6.45) is 3.10. The second kappa shape index (κ2) is 17.2. The molecule has 1 saturated heterocycles. The standard InChI is InChI=1S/C31H60N2O8/c1-28(2,37-9)15-20-40-30(5,6)22-24(31(7,8)41-21-16-29(3,4)38-10)23-39-19-11-17-32-25(34)14-18-33-26(35)12-13-27(33)36/h24-25,32,34H,11-23H2,1-10H3. The van der Waals surface area contributed by atoms with E-state index in [0.29, 0.717) is 45.8 Å². The Morgan fingerprint density at radius 2 is 1.37 bits per heavy atom. The summed E-state index contributed by atoms with van der Waals surface area (Å²) in [5.41, 5.74) is -1.32. The first-order valence-electron chi connectivity index (χ1n) is 15.1. The van der Waals surface area contributed by atoms with Crippen molar-refractivity contribution in [3.63, 3.8) is 0 Å². The number of nitrogens with one attached hydrogen (secondary N) is 1. The molecule has 0 aliphatic carbocycles. The van der Waals surface area contributed by atoms with Crippen LogP contribution in [0.25, 0.3) is 0 Å². The van der Waals surface area contributed by atoms with Crippen LogP contribution in [0.5, 0.6) is 0 Å². The van der Waals surface area contributed by atoms with Crippen LogP contribution in [-0.2, 0) is 33.3 Å². The Labute approximate surface area is 249 Å². The molecular weight excluding hydrogens is 528 g/mol. The van der Waals surface area contributed by atoms with Crippen molar-refractivity contribution < 1.29 is 38.4 Å². The van der Waals surface area contributed by atoms with Crippen molar-refractivity contribution in [1.82, 2.24) is 10.2 Å². The van der Waals surface area contributed by atoms with Crippen molar-refractivity contribution in [2.24, 2.45) is 5.92 Å². The van der Waals surface area contributed by atoms with Crippen LogP contribution in [0.3, 0.4) is 0 Å². The quantitative estimate of drug-likeness (QED) is 0.104. The van der Waals surface area contributed by atoms with Crippen LogP contribution in [0.1, 0.15) is 100 Å². The van der Waals surface area contributed by atoms with Crippen molar-refractivity contribution >= 4 is 11.8 Å². The molecule has 0 bridgehead atoms. The molecule has 2 unspecified atom stereocenters. The average Bonchev–Trinajstić information content (AvgIpc) is 3.20. The number of imide groups is 1. The lowest BCUT2D eigenvalue weighted by Gasteiger charge is -2.40. The molecule has 0 spiro atoms. The molecule has 10 heteroatoms. The third kappa shape index (κ3) is 15.2. The number of nitrogens with zero attached hydrogens (tertiary/aromatic N) is 1. The number of methoxy groups -OCH3 is 2. The summed E-state index contributed by atoms with van der Waals surface area (Å²) in [7, 11) is 3.44. The Kier molecular flexibility index (Phi) is 15.9. The summed E-state index contributed by atoms with van der Waals surface area (Å²) in [4.78, 5) is 24.7. The number of aliphatic hydroxyl groups is 1. The minimum absolute atomic E-state index is 0.0766.